The molecule has 0 aromatic heterocycles. The highest BCUT2D eigenvalue weighted by Gasteiger charge is 2.25. The molecule has 4 heteroatoms. The van der Waals surface area contributed by atoms with Crippen LogP contribution in [0.2, 0.25) is 0 Å². The first-order chi connectivity index (χ1) is 13.0. The minimum absolute atomic E-state index is 0.0865. The first-order valence-corrected chi connectivity index (χ1v) is 9.86. The maximum atomic E-state index is 12.5. The number of benzene rings is 2. The van der Waals surface area contributed by atoms with Gasteiger partial charge < -0.3 is 5.32 Å². The number of carbonyl (C=O) groups excluding carboxylic acids is 1. The van der Waals surface area contributed by atoms with E-state index in [2.05, 4.69) is 77.5 Å². The molecule has 1 atom stereocenters. The Morgan fingerprint density at radius 1 is 0.963 bits per heavy atom. The van der Waals surface area contributed by atoms with E-state index in [9.17, 15) is 4.79 Å². The van der Waals surface area contributed by atoms with Crippen LogP contribution >= 0.6 is 0 Å². The normalized spacial score (nSPS) is 16.9. The van der Waals surface area contributed by atoms with E-state index < -0.39 is 0 Å². The monoisotopic (exact) mass is 365 g/mol. The third-order valence-corrected chi connectivity index (χ3v) is 5.41. The Morgan fingerprint density at radius 2 is 1.67 bits per heavy atom. The van der Waals surface area contributed by atoms with Gasteiger partial charge in [0.1, 0.15) is 0 Å². The molecule has 1 N–H and O–H groups in total. The topological polar surface area (TPSA) is 35.6 Å². The van der Waals surface area contributed by atoms with Gasteiger partial charge in [-0.3, -0.25) is 14.6 Å². The van der Waals surface area contributed by atoms with Gasteiger partial charge in [0.2, 0.25) is 5.91 Å². The Morgan fingerprint density at radius 3 is 2.33 bits per heavy atom. The lowest BCUT2D eigenvalue weighted by Gasteiger charge is -2.37. The number of amides is 1. The zero-order valence-corrected chi connectivity index (χ0v) is 16.7. The third-order valence-electron chi connectivity index (χ3n) is 5.41. The quantitative estimate of drug-likeness (QED) is 0.854. The van der Waals surface area contributed by atoms with Gasteiger partial charge in [0.05, 0.1) is 6.04 Å². The van der Waals surface area contributed by atoms with Crippen molar-refractivity contribution in [2.24, 2.45) is 0 Å². The first kappa shape index (κ1) is 19.6. The Kier molecular flexibility index (Phi) is 6.64. The minimum atomic E-state index is -0.0865. The fourth-order valence-electron chi connectivity index (χ4n) is 3.59. The van der Waals surface area contributed by atoms with Crippen LogP contribution in [0.15, 0.2) is 48.5 Å². The number of piperazine rings is 1. The second kappa shape index (κ2) is 9.16. The third kappa shape index (κ3) is 5.65. The van der Waals surface area contributed by atoms with E-state index in [0.29, 0.717) is 6.54 Å². The maximum absolute atomic E-state index is 12.5. The Bertz CT molecular complexity index is 748. The number of hydrogen-bond donors (Lipinski definition) is 1. The van der Waals surface area contributed by atoms with Crippen LogP contribution in [-0.4, -0.2) is 47.9 Å². The summed E-state index contributed by atoms with van der Waals surface area (Å²) >= 11 is 0. The van der Waals surface area contributed by atoms with Gasteiger partial charge in [0.25, 0.3) is 0 Å². The lowest BCUT2D eigenvalue weighted by atomic mass is 10.1. The van der Waals surface area contributed by atoms with Crippen molar-refractivity contribution in [1.82, 2.24) is 15.1 Å². The molecular formula is C23H31N3O. The molecule has 1 saturated heterocycles. The standard InChI is InChI=1S/C23H31N3O/c1-18-7-9-21(10-8-18)16-24-23(27)20(3)26-13-11-25(12-14-26)17-22-6-4-5-19(2)15-22/h4-10,15,20H,11-14,16-17H2,1-3H3,(H,24,27). The van der Waals surface area contributed by atoms with E-state index >= 15 is 0 Å². The molecule has 1 aliphatic heterocycles. The fourth-order valence-corrected chi connectivity index (χ4v) is 3.59. The van der Waals surface area contributed by atoms with E-state index in [1.165, 1.54) is 16.7 Å². The molecule has 0 saturated carbocycles. The lowest BCUT2D eigenvalue weighted by Crippen LogP contribution is -2.53. The van der Waals surface area contributed by atoms with Crippen molar-refractivity contribution in [3.05, 3.63) is 70.8 Å². The first-order valence-electron chi connectivity index (χ1n) is 9.86. The summed E-state index contributed by atoms with van der Waals surface area (Å²) in [6.07, 6.45) is 0. The van der Waals surface area contributed by atoms with E-state index in [1.807, 2.05) is 6.92 Å². The lowest BCUT2D eigenvalue weighted by molar-refractivity contribution is -0.126. The van der Waals surface area contributed by atoms with Crippen LogP contribution in [0.25, 0.3) is 0 Å². The highest BCUT2D eigenvalue weighted by Crippen LogP contribution is 2.12. The van der Waals surface area contributed by atoms with Gasteiger partial charge in [-0.15, -0.1) is 0 Å². The summed E-state index contributed by atoms with van der Waals surface area (Å²) in [5, 5.41) is 3.08. The molecule has 1 aliphatic rings. The second-order valence-electron chi connectivity index (χ2n) is 7.68. The fraction of sp³-hybridized carbons (Fsp3) is 0.435. The highest BCUT2D eigenvalue weighted by atomic mass is 16.2. The summed E-state index contributed by atoms with van der Waals surface area (Å²) in [6.45, 7) is 11.7. The summed E-state index contributed by atoms with van der Waals surface area (Å²) in [5.74, 6) is 0.114. The summed E-state index contributed by atoms with van der Waals surface area (Å²) < 4.78 is 0. The smallest absolute Gasteiger partial charge is 0.237 e. The van der Waals surface area contributed by atoms with Gasteiger partial charge in [-0.2, -0.15) is 0 Å². The van der Waals surface area contributed by atoms with E-state index in [1.54, 1.807) is 0 Å². The van der Waals surface area contributed by atoms with Gasteiger partial charge in [-0.05, 0) is 31.9 Å². The van der Waals surface area contributed by atoms with Crippen molar-refractivity contribution in [2.45, 2.75) is 39.9 Å². The summed E-state index contributed by atoms with van der Waals surface area (Å²) in [7, 11) is 0. The molecule has 1 fully saturated rings. The molecule has 1 heterocycles. The van der Waals surface area contributed by atoms with E-state index in [0.717, 1.165) is 38.3 Å². The van der Waals surface area contributed by atoms with Gasteiger partial charge in [-0.1, -0.05) is 59.7 Å². The largest absolute Gasteiger partial charge is 0.351 e. The van der Waals surface area contributed by atoms with Gasteiger partial charge in [0.15, 0.2) is 0 Å². The summed E-state index contributed by atoms with van der Waals surface area (Å²) in [4.78, 5) is 17.3. The SMILES string of the molecule is Cc1ccc(CNC(=O)C(C)N2CCN(Cc3cccc(C)c3)CC2)cc1. The maximum Gasteiger partial charge on any atom is 0.237 e. The molecule has 1 amide bonds. The van der Waals surface area contributed by atoms with E-state index in [4.69, 9.17) is 0 Å². The Balaban J connectivity index is 1.44. The number of aryl methyl sites for hydroxylation is 2. The number of hydrogen-bond acceptors (Lipinski definition) is 3. The molecule has 3 rings (SSSR count). The molecule has 2 aromatic carbocycles. The predicted molar refractivity (Wildman–Crippen MR) is 111 cm³/mol. The number of rotatable bonds is 6. The van der Waals surface area contributed by atoms with Crippen molar-refractivity contribution in [1.29, 1.82) is 0 Å². The molecular weight excluding hydrogens is 334 g/mol. The van der Waals surface area contributed by atoms with Gasteiger partial charge >= 0.3 is 0 Å². The molecule has 1 unspecified atom stereocenters. The van der Waals surface area contributed by atoms with Crippen LogP contribution in [0.3, 0.4) is 0 Å². The van der Waals surface area contributed by atoms with Crippen molar-refractivity contribution >= 4 is 5.91 Å². The average Bonchev–Trinajstić information content (AvgIpc) is 2.67. The van der Waals surface area contributed by atoms with Crippen LogP contribution in [0.1, 0.15) is 29.2 Å². The molecule has 0 radical (unpaired) electrons. The van der Waals surface area contributed by atoms with Crippen LogP contribution in [0, 0.1) is 13.8 Å². The zero-order valence-electron chi connectivity index (χ0n) is 16.7. The van der Waals surface area contributed by atoms with Crippen molar-refractivity contribution in [3.8, 4) is 0 Å². The average molecular weight is 366 g/mol. The van der Waals surface area contributed by atoms with Crippen molar-refractivity contribution in [2.75, 3.05) is 26.2 Å². The second-order valence-corrected chi connectivity index (χ2v) is 7.68. The Hall–Kier alpha value is -2.17. The highest BCUT2D eigenvalue weighted by molar-refractivity contribution is 5.81. The summed E-state index contributed by atoms with van der Waals surface area (Å²) in [5.41, 5.74) is 5.06. The van der Waals surface area contributed by atoms with Crippen LogP contribution in [-0.2, 0) is 17.9 Å². The molecule has 4 nitrogen and oxygen atoms in total. The van der Waals surface area contributed by atoms with Crippen LogP contribution in [0.4, 0.5) is 0 Å². The molecule has 0 spiro atoms. The Labute approximate surface area is 163 Å². The van der Waals surface area contributed by atoms with Gasteiger partial charge in [0, 0.05) is 39.3 Å². The molecule has 144 valence electrons. The zero-order chi connectivity index (χ0) is 19.2. The van der Waals surface area contributed by atoms with Crippen LogP contribution < -0.4 is 5.32 Å². The number of carbonyl (C=O) groups is 1. The molecule has 2 aromatic rings. The number of nitrogens with zero attached hydrogens (tertiary/aromatic N) is 2. The van der Waals surface area contributed by atoms with E-state index in [-0.39, 0.29) is 11.9 Å². The predicted octanol–water partition coefficient (Wildman–Crippen LogP) is 3.13. The van der Waals surface area contributed by atoms with Crippen molar-refractivity contribution < 1.29 is 4.79 Å². The molecule has 0 aliphatic carbocycles. The van der Waals surface area contributed by atoms with Gasteiger partial charge in [-0.25, -0.2) is 0 Å². The minimum Gasteiger partial charge on any atom is -0.351 e. The molecule has 0 bridgehead atoms. The van der Waals surface area contributed by atoms with Crippen molar-refractivity contribution in [3.63, 3.8) is 0 Å². The summed E-state index contributed by atoms with van der Waals surface area (Å²) in [6, 6.07) is 16.9. The number of nitrogens with one attached hydrogen (secondary N) is 1. The van der Waals surface area contributed by atoms with Crippen LogP contribution in [0.5, 0.6) is 0 Å². The molecule has 27 heavy (non-hydrogen) atoms.